The topological polar surface area (TPSA) is 14.1 Å². The molecular formula is C11H26NW-. The molecule has 1 aliphatic heterocycles. The van der Waals surface area contributed by atoms with Crippen LogP contribution in [0.2, 0.25) is 0 Å². The van der Waals surface area contributed by atoms with Crippen molar-refractivity contribution in [3.05, 3.63) is 5.32 Å². The van der Waals surface area contributed by atoms with Gasteiger partial charge in [0, 0.05) is 21.1 Å². The summed E-state index contributed by atoms with van der Waals surface area (Å²) >= 11 is 0. The minimum atomic E-state index is 0. The molecule has 0 aromatic carbocycles. The molecular weight excluding hydrogens is 330 g/mol. The quantitative estimate of drug-likeness (QED) is 0.612. The monoisotopic (exact) mass is 356 g/mol. The van der Waals surface area contributed by atoms with Crippen LogP contribution < -0.4 is 0 Å². The molecule has 1 rings (SSSR count). The fourth-order valence-corrected chi connectivity index (χ4v) is 0.913. The maximum Gasteiger partial charge on any atom is 0 e. The summed E-state index contributed by atoms with van der Waals surface area (Å²) in [6, 6.07) is 0. The average molecular weight is 356 g/mol. The molecule has 0 aliphatic carbocycles. The fraction of sp³-hybridized carbons (Fsp3) is 1.00. The van der Waals surface area contributed by atoms with Crippen LogP contribution in [0.1, 0.15) is 59.8 Å². The molecule has 0 bridgehead atoms. The second-order valence-electron chi connectivity index (χ2n) is 2.79. The van der Waals surface area contributed by atoms with E-state index in [1.165, 1.54) is 32.1 Å². The summed E-state index contributed by atoms with van der Waals surface area (Å²) in [4.78, 5) is 0. The smallest absolute Gasteiger partial charge is 0 e. The Kier molecular flexibility index (Phi) is 34.0. The zero-order chi connectivity index (χ0) is 9.66. The van der Waals surface area contributed by atoms with E-state index >= 15 is 0 Å². The van der Waals surface area contributed by atoms with Gasteiger partial charge in [0.25, 0.3) is 0 Å². The van der Waals surface area contributed by atoms with E-state index in [0.29, 0.717) is 0 Å². The van der Waals surface area contributed by atoms with Gasteiger partial charge in [0.05, 0.1) is 0 Å². The van der Waals surface area contributed by atoms with Gasteiger partial charge in [-0.2, -0.15) is 0 Å². The Morgan fingerprint density at radius 1 is 0.846 bits per heavy atom. The molecule has 13 heavy (non-hydrogen) atoms. The first-order valence-corrected chi connectivity index (χ1v) is 5.55. The van der Waals surface area contributed by atoms with Gasteiger partial charge in [-0.1, -0.05) is 59.8 Å². The minimum Gasteiger partial charge on any atom is -0.662 e. The van der Waals surface area contributed by atoms with Crippen LogP contribution in [0.4, 0.5) is 0 Å². The Bertz CT molecular complexity index is 38.4. The van der Waals surface area contributed by atoms with Crippen LogP contribution in [-0.2, 0) is 21.1 Å². The largest absolute Gasteiger partial charge is 0.662 e. The van der Waals surface area contributed by atoms with Crippen LogP contribution in [0.3, 0.4) is 0 Å². The number of hydrogen-bond donors (Lipinski definition) is 0. The van der Waals surface area contributed by atoms with E-state index in [2.05, 4.69) is 19.2 Å². The van der Waals surface area contributed by atoms with Gasteiger partial charge < -0.3 is 5.32 Å². The molecule has 82 valence electrons. The van der Waals surface area contributed by atoms with Crippen LogP contribution >= 0.6 is 0 Å². The second-order valence-corrected chi connectivity index (χ2v) is 2.79. The molecule has 0 N–H and O–H groups in total. The summed E-state index contributed by atoms with van der Waals surface area (Å²) in [6.45, 7) is 10.5. The van der Waals surface area contributed by atoms with Crippen LogP contribution in [0.15, 0.2) is 0 Å². The minimum absolute atomic E-state index is 0. The molecule has 0 radical (unpaired) electrons. The molecule has 0 aromatic heterocycles. The molecule has 1 aliphatic rings. The van der Waals surface area contributed by atoms with Gasteiger partial charge in [0.15, 0.2) is 0 Å². The third-order valence-electron chi connectivity index (χ3n) is 1.38. The van der Waals surface area contributed by atoms with Gasteiger partial charge in [0.2, 0.25) is 0 Å². The van der Waals surface area contributed by atoms with E-state index in [9.17, 15) is 0 Å². The molecule has 0 spiro atoms. The Morgan fingerprint density at radius 2 is 1.15 bits per heavy atom. The third-order valence-corrected chi connectivity index (χ3v) is 1.38. The van der Waals surface area contributed by atoms with Gasteiger partial charge in [-0.15, -0.1) is 13.1 Å². The first-order chi connectivity index (χ1) is 5.91. The zero-order valence-corrected chi connectivity index (χ0v) is 12.7. The molecule has 2 heteroatoms. The van der Waals surface area contributed by atoms with Crippen molar-refractivity contribution in [2.24, 2.45) is 0 Å². The van der Waals surface area contributed by atoms with Gasteiger partial charge in [-0.05, 0) is 0 Å². The summed E-state index contributed by atoms with van der Waals surface area (Å²) in [7, 11) is 0. The van der Waals surface area contributed by atoms with Crippen molar-refractivity contribution >= 4 is 0 Å². The summed E-state index contributed by atoms with van der Waals surface area (Å²) in [5.41, 5.74) is 0. The summed E-state index contributed by atoms with van der Waals surface area (Å²) in [5, 5.41) is 4.27. The van der Waals surface area contributed by atoms with Crippen molar-refractivity contribution in [1.29, 1.82) is 0 Å². The predicted molar refractivity (Wildman–Crippen MR) is 58.9 cm³/mol. The van der Waals surface area contributed by atoms with E-state index in [1.807, 2.05) is 13.8 Å². The summed E-state index contributed by atoms with van der Waals surface area (Å²) < 4.78 is 0. The Hall–Kier alpha value is 0.648. The predicted octanol–water partition coefficient (Wildman–Crippen LogP) is 4.37. The molecule has 1 heterocycles. The van der Waals surface area contributed by atoms with Gasteiger partial charge in [-0.25, -0.2) is 0 Å². The van der Waals surface area contributed by atoms with Crippen molar-refractivity contribution in [3.8, 4) is 0 Å². The Balaban J connectivity index is -0.000000146. The number of nitrogens with zero attached hydrogens (tertiary/aromatic N) is 1. The van der Waals surface area contributed by atoms with Gasteiger partial charge in [-0.3, -0.25) is 0 Å². The standard InChI is InChI=1S/C6H12N.C3H8.C2H6.W/c1-2-4-6-7-5-3-1;1-3-2;1-2;/h1-6H2;3H2,1-2H3;1-2H3;/q-1;;;. The van der Waals surface area contributed by atoms with Crippen molar-refractivity contribution < 1.29 is 21.1 Å². The molecule has 0 atom stereocenters. The first kappa shape index (κ1) is 19.3. The Labute approximate surface area is 99.3 Å². The normalized spacial score (nSPS) is 14.8. The molecule has 0 amide bonds. The van der Waals surface area contributed by atoms with E-state index in [1.54, 1.807) is 0 Å². The molecule has 0 aromatic rings. The number of rotatable bonds is 0. The van der Waals surface area contributed by atoms with Crippen LogP contribution in [0.25, 0.3) is 5.32 Å². The van der Waals surface area contributed by atoms with E-state index in [-0.39, 0.29) is 21.1 Å². The van der Waals surface area contributed by atoms with E-state index in [4.69, 9.17) is 0 Å². The fourth-order valence-electron chi connectivity index (χ4n) is 0.913. The molecule has 0 saturated carbocycles. The molecule has 1 fully saturated rings. The van der Waals surface area contributed by atoms with Crippen LogP contribution in [0, 0.1) is 0 Å². The average Bonchev–Trinajstić information content (AvgIpc) is 2.40. The van der Waals surface area contributed by atoms with Gasteiger partial charge >= 0.3 is 0 Å². The maximum absolute atomic E-state index is 4.27. The first-order valence-electron chi connectivity index (χ1n) is 5.55. The van der Waals surface area contributed by atoms with Crippen LogP contribution in [0.5, 0.6) is 0 Å². The van der Waals surface area contributed by atoms with Crippen molar-refractivity contribution in [2.45, 2.75) is 59.8 Å². The molecule has 0 unspecified atom stereocenters. The number of hydrogen-bond acceptors (Lipinski definition) is 0. The third kappa shape index (κ3) is 24.5. The van der Waals surface area contributed by atoms with Crippen molar-refractivity contribution in [1.82, 2.24) is 0 Å². The summed E-state index contributed by atoms with van der Waals surface area (Å²) in [5.74, 6) is 0. The van der Waals surface area contributed by atoms with E-state index in [0.717, 1.165) is 13.1 Å². The molecule has 1 nitrogen and oxygen atoms in total. The summed E-state index contributed by atoms with van der Waals surface area (Å²) in [6.07, 6.45) is 6.73. The SMILES string of the molecule is C1CCC[N-]CC1.CC.CCC.[W]. The van der Waals surface area contributed by atoms with Crippen LogP contribution in [-0.4, -0.2) is 13.1 Å². The van der Waals surface area contributed by atoms with E-state index < -0.39 is 0 Å². The van der Waals surface area contributed by atoms with Crippen molar-refractivity contribution in [3.63, 3.8) is 0 Å². The maximum atomic E-state index is 4.27. The van der Waals surface area contributed by atoms with Gasteiger partial charge in [0.1, 0.15) is 0 Å². The van der Waals surface area contributed by atoms with Crippen molar-refractivity contribution in [2.75, 3.05) is 13.1 Å². The second kappa shape index (κ2) is 22.9. The Morgan fingerprint density at radius 3 is 1.46 bits per heavy atom. The zero-order valence-electron chi connectivity index (χ0n) is 9.81. The molecule has 1 saturated heterocycles.